The molecule has 1 N–H and O–H groups in total. The SMILES string of the molecule is CCCCCCC/C=C\C/C=C\CCCCCCCCCCCCCCCCCCCCCCCC(=O)OC(CO)COC(=O)CCCCCCCCC. The Balaban J connectivity index is 3.35. The Labute approximate surface area is 336 Å². The average molecular weight is 761 g/mol. The molecule has 0 radical (unpaired) electrons. The van der Waals surface area contributed by atoms with Crippen molar-refractivity contribution in [2.24, 2.45) is 0 Å². The molecule has 1 unspecified atom stereocenters. The number of carbonyl (C=O) groups is 2. The van der Waals surface area contributed by atoms with Gasteiger partial charge in [-0.25, -0.2) is 0 Å². The van der Waals surface area contributed by atoms with E-state index in [2.05, 4.69) is 38.2 Å². The van der Waals surface area contributed by atoms with E-state index >= 15 is 0 Å². The zero-order valence-corrected chi connectivity index (χ0v) is 36.3. The van der Waals surface area contributed by atoms with Crippen LogP contribution in [-0.4, -0.2) is 36.4 Å². The van der Waals surface area contributed by atoms with Gasteiger partial charge in [-0.3, -0.25) is 9.59 Å². The first-order valence-electron chi connectivity index (χ1n) is 23.9. The summed E-state index contributed by atoms with van der Waals surface area (Å²) in [6.07, 6.45) is 55.9. The monoisotopic (exact) mass is 761 g/mol. The van der Waals surface area contributed by atoms with Crippen LogP contribution in [0.25, 0.3) is 0 Å². The van der Waals surface area contributed by atoms with E-state index < -0.39 is 6.10 Å². The van der Waals surface area contributed by atoms with Crippen LogP contribution in [0, 0.1) is 0 Å². The summed E-state index contributed by atoms with van der Waals surface area (Å²) in [7, 11) is 0. The maximum Gasteiger partial charge on any atom is 0.306 e. The van der Waals surface area contributed by atoms with Crippen LogP contribution in [0.5, 0.6) is 0 Å². The second kappa shape index (κ2) is 45.8. The summed E-state index contributed by atoms with van der Waals surface area (Å²) in [5.41, 5.74) is 0. The van der Waals surface area contributed by atoms with Gasteiger partial charge in [0.05, 0.1) is 6.61 Å². The Morgan fingerprint density at radius 2 is 0.741 bits per heavy atom. The molecule has 5 heteroatoms. The fourth-order valence-electron chi connectivity index (χ4n) is 7.12. The smallest absolute Gasteiger partial charge is 0.306 e. The molecule has 0 fully saturated rings. The molecule has 0 aromatic carbocycles. The minimum atomic E-state index is -0.763. The van der Waals surface area contributed by atoms with Crippen molar-refractivity contribution in [1.82, 2.24) is 0 Å². The third kappa shape index (κ3) is 43.1. The molecule has 1 atom stereocenters. The zero-order valence-electron chi connectivity index (χ0n) is 36.3. The van der Waals surface area contributed by atoms with Crippen molar-refractivity contribution in [3.8, 4) is 0 Å². The molecule has 5 nitrogen and oxygen atoms in total. The van der Waals surface area contributed by atoms with Crippen LogP contribution in [0.15, 0.2) is 24.3 Å². The molecular weight excluding hydrogens is 669 g/mol. The van der Waals surface area contributed by atoms with Crippen molar-refractivity contribution in [3.05, 3.63) is 24.3 Å². The summed E-state index contributed by atoms with van der Waals surface area (Å²) in [6.45, 7) is 4.10. The molecule has 318 valence electrons. The lowest BCUT2D eigenvalue weighted by molar-refractivity contribution is -0.161. The number of aliphatic hydroxyl groups excluding tert-OH is 1. The van der Waals surface area contributed by atoms with Crippen LogP contribution in [0.4, 0.5) is 0 Å². The van der Waals surface area contributed by atoms with Gasteiger partial charge in [-0.05, 0) is 44.9 Å². The quantitative estimate of drug-likeness (QED) is 0.0380. The van der Waals surface area contributed by atoms with Crippen LogP contribution in [-0.2, 0) is 19.1 Å². The predicted octanol–water partition coefficient (Wildman–Crippen LogP) is 15.4. The average Bonchev–Trinajstić information content (AvgIpc) is 3.17. The number of carbonyl (C=O) groups excluding carboxylic acids is 2. The maximum absolute atomic E-state index is 12.2. The van der Waals surface area contributed by atoms with Crippen molar-refractivity contribution in [1.29, 1.82) is 0 Å². The number of ether oxygens (including phenoxy) is 2. The molecular formula is C49H92O5. The summed E-state index contributed by atoms with van der Waals surface area (Å²) >= 11 is 0. The Hall–Kier alpha value is -1.62. The van der Waals surface area contributed by atoms with Gasteiger partial charge in [0.1, 0.15) is 6.61 Å². The van der Waals surface area contributed by atoms with E-state index in [0.29, 0.717) is 12.8 Å². The second-order valence-corrected chi connectivity index (χ2v) is 16.2. The van der Waals surface area contributed by atoms with Crippen LogP contribution in [0.1, 0.15) is 258 Å². The summed E-state index contributed by atoms with van der Waals surface area (Å²) < 4.78 is 10.6. The summed E-state index contributed by atoms with van der Waals surface area (Å²) in [5.74, 6) is -0.586. The van der Waals surface area contributed by atoms with E-state index in [9.17, 15) is 14.7 Å². The van der Waals surface area contributed by atoms with Gasteiger partial charge in [0.2, 0.25) is 0 Å². The molecule has 0 spiro atoms. The number of hydrogen-bond acceptors (Lipinski definition) is 5. The number of aliphatic hydroxyl groups is 1. The third-order valence-electron chi connectivity index (χ3n) is 10.7. The number of unbranched alkanes of at least 4 members (excludes halogenated alkanes) is 32. The highest BCUT2D eigenvalue weighted by molar-refractivity contribution is 5.70. The van der Waals surface area contributed by atoms with Crippen molar-refractivity contribution in [2.45, 2.75) is 264 Å². The molecule has 0 saturated heterocycles. The van der Waals surface area contributed by atoms with Gasteiger partial charge in [0, 0.05) is 12.8 Å². The van der Waals surface area contributed by atoms with E-state index in [-0.39, 0.29) is 25.2 Å². The van der Waals surface area contributed by atoms with Gasteiger partial charge < -0.3 is 14.6 Å². The molecule has 0 bridgehead atoms. The maximum atomic E-state index is 12.2. The Bertz CT molecular complexity index is 821. The predicted molar refractivity (Wildman–Crippen MR) is 233 cm³/mol. The topological polar surface area (TPSA) is 72.8 Å². The minimum Gasteiger partial charge on any atom is -0.462 e. The van der Waals surface area contributed by atoms with Crippen LogP contribution < -0.4 is 0 Å². The van der Waals surface area contributed by atoms with Crippen LogP contribution in [0.2, 0.25) is 0 Å². The lowest BCUT2D eigenvalue weighted by Crippen LogP contribution is -2.28. The Morgan fingerprint density at radius 1 is 0.426 bits per heavy atom. The van der Waals surface area contributed by atoms with Gasteiger partial charge in [-0.2, -0.15) is 0 Å². The van der Waals surface area contributed by atoms with Gasteiger partial charge in [-0.15, -0.1) is 0 Å². The first-order valence-corrected chi connectivity index (χ1v) is 23.9. The van der Waals surface area contributed by atoms with Crippen molar-refractivity contribution < 1.29 is 24.2 Å². The number of rotatable bonds is 44. The number of allylic oxidation sites excluding steroid dienone is 4. The molecule has 0 aliphatic carbocycles. The van der Waals surface area contributed by atoms with Crippen molar-refractivity contribution in [3.63, 3.8) is 0 Å². The summed E-state index contributed by atoms with van der Waals surface area (Å²) in [6, 6.07) is 0. The van der Waals surface area contributed by atoms with Gasteiger partial charge >= 0.3 is 11.9 Å². The number of hydrogen-bond donors (Lipinski definition) is 1. The molecule has 0 aromatic heterocycles. The first-order chi connectivity index (χ1) is 26.6. The molecule has 0 rings (SSSR count). The standard InChI is InChI=1S/C49H92O5/c1-3-5-7-9-11-12-13-14-15-16-17-18-19-20-21-22-23-24-25-26-27-28-29-30-31-32-33-34-35-36-38-40-42-44-49(52)54-47(45-50)46-53-48(51)43-41-39-37-10-8-6-4-2/h13-14,16-17,47,50H,3-12,15,18-46H2,1-2H3/b14-13-,17-16-. The fraction of sp³-hybridized carbons (Fsp3) is 0.878. The van der Waals surface area contributed by atoms with Gasteiger partial charge in [-0.1, -0.05) is 224 Å². The lowest BCUT2D eigenvalue weighted by Gasteiger charge is -2.15. The second-order valence-electron chi connectivity index (χ2n) is 16.2. The van der Waals surface area contributed by atoms with E-state index in [1.54, 1.807) is 0 Å². The first kappa shape index (κ1) is 52.4. The highest BCUT2D eigenvalue weighted by Gasteiger charge is 2.16. The highest BCUT2D eigenvalue weighted by Crippen LogP contribution is 2.16. The molecule has 0 heterocycles. The molecule has 0 saturated carbocycles. The lowest BCUT2D eigenvalue weighted by atomic mass is 10.0. The van der Waals surface area contributed by atoms with Gasteiger partial charge in [0.15, 0.2) is 6.10 Å². The van der Waals surface area contributed by atoms with Crippen molar-refractivity contribution in [2.75, 3.05) is 13.2 Å². The van der Waals surface area contributed by atoms with E-state index in [1.165, 1.54) is 186 Å². The molecule has 0 aromatic rings. The van der Waals surface area contributed by atoms with E-state index in [1.807, 2.05) is 0 Å². The molecule has 0 aliphatic rings. The largest absolute Gasteiger partial charge is 0.462 e. The minimum absolute atomic E-state index is 0.0605. The number of esters is 2. The van der Waals surface area contributed by atoms with E-state index in [0.717, 1.165) is 44.9 Å². The Morgan fingerprint density at radius 3 is 1.09 bits per heavy atom. The van der Waals surface area contributed by atoms with Gasteiger partial charge in [0.25, 0.3) is 0 Å². The van der Waals surface area contributed by atoms with Crippen molar-refractivity contribution >= 4 is 11.9 Å². The van der Waals surface area contributed by atoms with Crippen LogP contribution >= 0.6 is 0 Å². The third-order valence-corrected chi connectivity index (χ3v) is 10.7. The molecule has 0 aliphatic heterocycles. The molecule has 0 amide bonds. The van der Waals surface area contributed by atoms with E-state index in [4.69, 9.17) is 9.47 Å². The zero-order chi connectivity index (χ0) is 39.3. The molecule has 54 heavy (non-hydrogen) atoms. The summed E-state index contributed by atoms with van der Waals surface area (Å²) in [4.78, 5) is 24.1. The highest BCUT2D eigenvalue weighted by atomic mass is 16.6. The Kier molecular flexibility index (Phi) is 44.4. The normalized spacial score (nSPS) is 12.3. The summed E-state index contributed by atoms with van der Waals surface area (Å²) in [5, 5.41) is 9.53. The van der Waals surface area contributed by atoms with Crippen LogP contribution in [0.3, 0.4) is 0 Å². The fourth-order valence-corrected chi connectivity index (χ4v) is 7.12.